The molecule has 8 aromatic rings. The van der Waals surface area contributed by atoms with Gasteiger partial charge in [-0.05, 0) is 85.3 Å². The first kappa shape index (κ1) is 38.5. The first-order chi connectivity index (χ1) is 30.3. The third-order valence-corrected chi connectivity index (χ3v) is 11.0. The van der Waals surface area contributed by atoms with Crippen molar-refractivity contribution in [3.63, 3.8) is 0 Å². The van der Waals surface area contributed by atoms with Crippen LogP contribution in [0.25, 0.3) is 44.9 Å². The van der Waals surface area contributed by atoms with Crippen molar-refractivity contribution in [2.24, 2.45) is 11.8 Å². The van der Waals surface area contributed by atoms with Crippen molar-refractivity contribution in [1.82, 2.24) is 34.2 Å². The van der Waals surface area contributed by atoms with Crippen LogP contribution in [0.5, 0.6) is 5.75 Å². The van der Waals surface area contributed by atoms with Crippen molar-refractivity contribution in [2.75, 3.05) is 28.4 Å². The number of ether oxygens (including phenoxy) is 1. The van der Waals surface area contributed by atoms with Gasteiger partial charge in [0.05, 0.1) is 24.2 Å². The molecule has 0 bridgehead atoms. The number of pyridine rings is 3. The molecule has 0 spiro atoms. The zero-order chi connectivity index (χ0) is 42.3. The predicted molar refractivity (Wildman–Crippen MR) is 230 cm³/mol. The summed E-state index contributed by atoms with van der Waals surface area (Å²) in [6, 6.07) is 31.9. The highest BCUT2D eigenvalue weighted by Gasteiger charge is 2.31. The smallest absolute Gasteiger partial charge is 0.249 e. The van der Waals surface area contributed by atoms with Crippen LogP contribution in [-0.4, -0.2) is 53.1 Å². The minimum Gasteiger partial charge on any atom is -0.491 e. The molecule has 2 fully saturated rings. The summed E-state index contributed by atoms with van der Waals surface area (Å²) in [5.41, 5.74) is 8.23. The van der Waals surface area contributed by atoms with Crippen molar-refractivity contribution in [3.8, 4) is 39.4 Å². The molecule has 0 radical (unpaired) electrons. The number of methoxy groups -OCH3 is 1. The third kappa shape index (κ3) is 7.85. The number of nitrogens with zero attached hydrogens (tertiary/aromatic N) is 7. The molecule has 2 aliphatic rings. The van der Waals surface area contributed by atoms with Gasteiger partial charge in [0.15, 0.2) is 28.7 Å². The van der Waals surface area contributed by atoms with Gasteiger partial charge >= 0.3 is 0 Å². The molecule has 0 saturated heterocycles. The lowest BCUT2D eigenvalue weighted by Crippen LogP contribution is -2.14. The van der Waals surface area contributed by atoms with Crippen molar-refractivity contribution in [3.05, 3.63) is 132 Å². The Morgan fingerprint density at radius 3 is 1.92 bits per heavy atom. The second-order valence-electron chi connectivity index (χ2n) is 15.4. The molecule has 2 amide bonds. The molecule has 0 aliphatic heterocycles. The minimum absolute atomic E-state index is 0.0239. The number of carbonyl (C=O) groups excluding carboxylic acids is 2. The van der Waals surface area contributed by atoms with Crippen LogP contribution in [0.3, 0.4) is 0 Å². The molecule has 0 unspecified atom stereocenters. The van der Waals surface area contributed by atoms with Gasteiger partial charge in [0.2, 0.25) is 23.7 Å². The van der Waals surface area contributed by atoms with Gasteiger partial charge in [-0.1, -0.05) is 54.6 Å². The van der Waals surface area contributed by atoms with Crippen LogP contribution < -0.4 is 26.0 Å². The Balaban J connectivity index is 0.841. The average molecular weight is 832 g/mol. The molecule has 5 heterocycles. The Kier molecular flexibility index (Phi) is 9.94. The standard InChI is InChI=1S/C46H39F2N11O3/c1-62-41-34(47)19-20-35(40(41)48)49-23-26-5-11-29(12-6-26)37-21-18-33(42-53-46(57-59(37)42)55-44(61)31-15-16-31)32-17-22-38(51-25-32)50-24-27-7-9-28(10-8-27)36-3-2-4-39-52-45(56-58(36)39)54-43(60)30-13-14-30/h2-12,17-22,25,30-31,49H,13-16,23-24H2,1H3,(H,50,51)(H,54,56,60)(H,55,57,61). The van der Waals surface area contributed by atoms with E-state index < -0.39 is 17.4 Å². The summed E-state index contributed by atoms with van der Waals surface area (Å²) in [6.07, 6.45) is 5.29. The van der Waals surface area contributed by atoms with E-state index in [0.717, 1.165) is 76.5 Å². The number of fused-ring (bicyclic) bond motifs is 2. The summed E-state index contributed by atoms with van der Waals surface area (Å²) in [4.78, 5) is 39.0. The zero-order valence-electron chi connectivity index (χ0n) is 33.4. The highest BCUT2D eigenvalue weighted by Crippen LogP contribution is 2.34. The lowest BCUT2D eigenvalue weighted by atomic mass is 10.0. The first-order valence-electron chi connectivity index (χ1n) is 20.3. The average Bonchev–Trinajstić information content (AvgIpc) is 4.24. The molecular formula is C46H39F2N11O3. The van der Waals surface area contributed by atoms with E-state index in [0.29, 0.717) is 29.6 Å². The summed E-state index contributed by atoms with van der Waals surface area (Å²) in [6.45, 7) is 0.829. The number of hydrogen-bond acceptors (Lipinski definition) is 10. The minimum atomic E-state index is -0.794. The van der Waals surface area contributed by atoms with Crippen LogP contribution in [0.2, 0.25) is 0 Å². The van der Waals surface area contributed by atoms with Crippen molar-refractivity contribution in [1.29, 1.82) is 0 Å². The number of nitrogens with one attached hydrogen (secondary N) is 4. The number of amides is 2. The van der Waals surface area contributed by atoms with Gasteiger partial charge in [-0.3, -0.25) is 20.2 Å². The summed E-state index contributed by atoms with van der Waals surface area (Å²) in [7, 11) is 1.22. The van der Waals surface area contributed by atoms with Crippen LogP contribution in [0.1, 0.15) is 36.8 Å². The third-order valence-electron chi connectivity index (χ3n) is 11.0. The summed E-state index contributed by atoms with van der Waals surface area (Å²) in [5.74, 6) is -0.888. The molecule has 10 rings (SSSR count). The van der Waals surface area contributed by atoms with E-state index in [4.69, 9.17) is 19.8 Å². The van der Waals surface area contributed by atoms with Gasteiger partial charge in [-0.2, -0.15) is 9.97 Å². The van der Waals surface area contributed by atoms with Gasteiger partial charge in [0.25, 0.3) is 0 Å². The second-order valence-corrected chi connectivity index (χ2v) is 15.4. The van der Waals surface area contributed by atoms with Gasteiger partial charge < -0.3 is 15.4 Å². The van der Waals surface area contributed by atoms with Crippen LogP contribution in [0, 0.1) is 23.5 Å². The Hall–Kier alpha value is -7.75. The Bertz CT molecular complexity index is 2980. The van der Waals surface area contributed by atoms with Gasteiger partial charge in [0.1, 0.15) is 5.82 Å². The molecule has 62 heavy (non-hydrogen) atoms. The number of carbonyl (C=O) groups is 2. The van der Waals surface area contributed by atoms with Crippen molar-refractivity contribution >= 4 is 46.5 Å². The molecule has 16 heteroatoms. The Morgan fingerprint density at radius 1 is 0.677 bits per heavy atom. The van der Waals surface area contributed by atoms with Crippen molar-refractivity contribution in [2.45, 2.75) is 38.8 Å². The highest BCUT2D eigenvalue weighted by atomic mass is 19.1. The van der Waals surface area contributed by atoms with Crippen LogP contribution in [0.4, 0.5) is 32.2 Å². The molecule has 0 atom stereocenters. The predicted octanol–water partition coefficient (Wildman–Crippen LogP) is 8.38. The maximum atomic E-state index is 14.7. The summed E-state index contributed by atoms with van der Waals surface area (Å²) >= 11 is 0. The lowest BCUT2D eigenvalue weighted by Gasteiger charge is -2.12. The molecule has 310 valence electrons. The van der Waals surface area contributed by atoms with Gasteiger partial charge in [-0.15, -0.1) is 10.2 Å². The molecule has 4 N–H and O–H groups in total. The molecule has 2 aliphatic carbocycles. The number of aromatic nitrogens is 7. The first-order valence-corrected chi connectivity index (χ1v) is 20.3. The van der Waals surface area contributed by atoms with E-state index in [1.165, 1.54) is 13.2 Å². The zero-order valence-corrected chi connectivity index (χ0v) is 33.4. The Labute approximate surface area is 353 Å². The number of anilines is 4. The van der Waals surface area contributed by atoms with Crippen LogP contribution in [0.15, 0.2) is 109 Å². The quantitative estimate of drug-likeness (QED) is 0.0837. The van der Waals surface area contributed by atoms with E-state index in [9.17, 15) is 18.4 Å². The SMILES string of the molecule is COc1c(F)ccc(NCc2ccc(-c3ccc(-c4ccc(NCc5ccc(-c6cccc7nc(NC(=O)C8CC8)nn67)cc5)nc4)c4nc(NC(=O)C5CC5)nn34)cc2)c1F. The largest absolute Gasteiger partial charge is 0.491 e. The maximum absolute atomic E-state index is 14.7. The second kappa shape index (κ2) is 16.0. The van der Waals surface area contributed by atoms with E-state index in [-0.39, 0.29) is 41.8 Å². The van der Waals surface area contributed by atoms with E-state index in [1.807, 2.05) is 91.0 Å². The molecule has 14 nitrogen and oxygen atoms in total. The maximum Gasteiger partial charge on any atom is 0.249 e. The van der Waals surface area contributed by atoms with Crippen molar-refractivity contribution < 1.29 is 23.1 Å². The van der Waals surface area contributed by atoms with Crippen LogP contribution >= 0.6 is 0 Å². The summed E-state index contributed by atoms with van der Waals surface area (Å²) in [5, 5.41) is 21.4. The molecule has 2 saturated carbocycles. The lowest BCUT2D eigenvalue weighted by molar-refractivity contribution is -0.118. The fraction of sp³-hybridized carbons (Fsp3) is 0.196. The van der Waals surface area contributed by atoms with E-state index >= 15 is 0 Å². The fourth-order valence-electron chi connectivity index (χ4n) is 7.24. The highest BCUT2D eigenvalue weighted by molar-refractivity contribution is 5.93. The topological polar surface area (TPSA) is 165 Å². The van der Waals surface area contributed by atoms with Gasteiger partial charge in [0, 0.05) is 53.4 Å². The monoisotopic (exact) mass is 831 g/mol. The number of halogens is 2. The number of benzene rings is 3. The van der Waals surface area contributed by atoms with Crippen LogP contribution in [-0.2, 0) is 22.7 Å². The molecular weight excluding hydrogens is 793 g/mol. The Morgan fingerprint density at radius 2 is 1.29 bits per heavy atom. The molecule has 5 aromatic heterocycles. The fourth-order valence-corrected chi connectivity index (χ4v) is 7.24. The van der Waals surface area contributed by atoms with E-state index in [2.05, 4.69) is 31.3 Å². The molecule has 3 aromatic carbocycles. The normalized spacial score (nSPS) is 13.6. The number of rotatable bonds is 14. The summed E-state index contributed by atoms with van der Waals surface area (Å²) < 4.78 is 36.9. The van der Waals surface area contributed by atoms with E-state index in [1.54, 1.807) is 15.2 Å². The number of hydrogen-bond donors (Lipinski definition) is 4. The van der Waals surface area contributed by atoms with Gasteiger partial charge in [-0.25, -0.2) is 22.8 Å².